The molecule has 1 rings (SSSR count). The topological polar surface area (TPSA) is 59.1 Å². The van der Waals surface area contributed by atoms with Crippen molar-refractivity contribution in [3.63, 3.8) is 0 Å². The molecule has 0 radical (unpaired) electrons. The fourth-order valence-corrected chi connectivity index (χ4v) is 1.43. The van der Waals surface area contributed by atoms with Crippen molar-refractivity contribution in [3.8, 4) is 5.75 Å². The summed E-state index contributed by atoms with van der Waals surface area (Å²) < 4.78 is 4.94. The Morgan fingerprint density at radius 2 is 2.40 bits per heavy atom. The number of amidine groups is 1. The quantitative estimate of drug-likeness (QED) is 0.496. The van der Waals surface area contributed by atoms with E-state index in [1.807, 2.05) is 5.38 Å². The van der Waals surface area contributed by atoms with Gasteiger partial charge in [0.25, 0.3) is 0 Å². The number of nitrogen functional groups attached to an aromatic ring is 1. The van der Waals surface area contributed by atoms with Gasteiger partial charge in [0.05, 0.1) is 12.7 Å². The molecule has 3 nitrogen and oxygen atoms in total. The molecule has 0 aliphatic carbocycles. The third kappa shape index (κ3) is 1.11. The van der Waals surface area contributed by atoms with Crippen molar-refractivity contribution in [2.45, 2.75) is 0 Å². The standard InChI is InChI=1S/C6H8N2OS/c1-9-5-3-10-2-4(5)6(7)8/h2-3H,1H3,(H3,7,8). The molecule has 0 amide bonds. The van der Waals surface area contributed by atoms with Gasteiger partial charge in [-0.15, -0.1) is 11.3 Å². The van der Waals surface area contributed by atoms with Crippen LogP contribution in [0.1, 0.15) is 5.56 Å². The fourth-order valence-electron chi connectivity index (χ4n) is 0.640. The summed E-state index contributed by atoms with van der Waals surface area (Å²) >= 11 is 1.47. The van der Waals surface area contributed by atoms with E-state index in [4.69, 9.17) is 15.9 Å². The normalized spacial score (nSPS) is 9.30. The van der Waals surface area contributed by atoms with E-state index < -0.39 is 0 Å². The summed E-state index contributed by atoms with van der Waals surface area (Å²) in [7, 11) is 1.56. The van der Waals surface area contributed by atoms with Crippen molar-refractivity contribution in [1.29, 1.82) is 5.41 Å². The zero-order chi connectivity index (χ0) is 7.56. The number of methoxy groups -OCH3 is 1. The summed E-state index contributed by atoms with van der Waals surface area (Å²) in [6.45, 7) is 0. The molecule has 10 heavy (non-hydrogen) atoms. The highest BCUT2D eigenvalue weighted by atomic mass is 32.1. The van der Waals surface area contributed by atoms with Gasteiger partial charge < -0.3 is 10.5 Å². The molecule has 0 aliphatic heterocycles. The van der Waals surface area contributed by atoms with Gasteiger partial charge in [-0.2, -0.15) is 0 Å². The monoisotopic (exact) mass is 156 g/mol. The number of rotatable bonds is 2. The molecule has 0 atom stereocenters. The molecule has 1 heterocycles. The Balaban J connectivity index is 3.01. The van der Waals surface area contributed by atoms with E-state index in [1.165, 1.54) is 11.3 Å². The van der Waals surface area contributed by atoms with Crippen LogP contribution in [0, 0.1) is 5.41 Å². The number of nitrogens with two attached hydrogens (primary N) is 1. The molecule has 0 aromatic carbocycles. The maximum Gasteiger partial charge on any atom is 0.140 e. The van der Waals surface area contributed by atoms with Crippen LogP contribution in [-0.4, -0.2) is 12.9 Å². The Morgan fingerprint density at radius 1 is 1.70 bits per heavy atom. The minimum Gasteiger partial charge on any atom is -0.495 e. The molecule has 0 fully saturated rings. The minimum atomic E-state index is 0.0538. The Kier molecular flexibility index (Phi) is 1.91. The second kappa shape index (κ2) is 2.70. The maximum atomic E-state index is 7.10. The predicted octanol–water partition coefficient (Wildman–Crippen LogP) is 1.04. The first-order valence-electron chi connectivity index (χ1n) is 2.70. The molecular weight excluding hydrogens is 148 g/mol. The van der Waals surface area contributed by atoms with Gasteiger partial charge >= 0.3 is 0 Å². The van der Waals surface area contributed by atoms with E-state index in [0.29, 0.717) is 11.3 Å². The molecule has 0 saturated heterocycles. The number of hydrogen-bond acceptors (Lipinski definition) is 3. The van der Waals surface area contributed by atoms with Crippen LogP contribution in [0.2, 0.25) is 0 Å². The molecule has 3 N–H and O–H groups in total. The lowest BCUT2D eigenvalue weighted by Gasteiger charge is -1.97. The molecule has 0 aliphatic rings. The Morgan fingerprint density at radius 3 is 2.80 bits per heavy atom. The highest BCUT2D eigenvalue weighted by Crippen LogP contribution is 2.21. The van der Waals surface area contributed by atoms with Crippen molar-refractivity contribution < 1.29 is 4.74 Å². The van der Waals surface area contributed by atoms with Gasteiger partial charge in [0.1, 0.15) is 11.6 Å². The van der Waals surface area contributed by atoms with Crippen LogP contribution in [-0.2, 0) is 0 Å². The summed E-state index contributed by atoms with van der Waals surface area (Å²) in [4.78, 5) is 0. The molecule has 1 aromatic rings. The molecule has 0 spiro atoms. The fraction of sp³-hybridized carbons (Fsp3) is 0.167. The third-order valence-electron chi connectivity index (χ3n) is 1.14. The van der Waals surface area contributed by atoms with Gasteiger partial charge in [0.15, 0.2) is 0 Å². The lowest BCUT2D eigenvalue weighted by atomic mass is 10.3. The number of ether oxygens (including phenoxy) is 1. The van der Waals surface area contributed by atoms with Crippen LogP contribution in [0.5, 0.6) is 5.75 Å². The first kappa shape index (κ1) is 7.08. The molecule has 4 heteroatoms. The zero-order valence-corrected chi connectivity index (χ0v) is 6.37. The van der Waals surface area contributed by atoms with E-state index in [-0.39, 0.29) is 5.84 Å². The van der Waals surface area contributed by atoms with Crippen LogP contribution < -0.4 is 10.5 Å². The van der Waals surface area contributed by atoms with Crippen LogP contribution in [0.3, 0.4) is 0 Å². The molecule has 0 bridgehead atoms. The van der Waals surface area contributed by atoms with Crippen LogP contribution >= 0.6 is 11.3 Å². The Labute approximate surface area is 62.9 Å². The van der Waals surface area contributed by atoms with E-state index in [9.17, 15) is 0 Å². The average Bonchev–Trinajstić information content (AvgIpc) is 2.33. The van der Waals surface area contributed by atoms with Crippen molar-refractivity contribution >= 4 is 17.2 Å². The van der Waals surface area contributed by atoms with Crippen molar-refractivity contribution in [1.82, 2.24) is 0 Å². The van der Waals surface area contributed by atoms with Gasteiger partial charge in [0.2, 0.25) is 0 Å². The minimum absolute atomic E-state index is 0.0538. The van der Waals surface area contributed by atoms with Gasteiger partial charge in [-0.05, 0) is 0 Å². The molecule has 1 aromatic heterocycles. The van der Waals surface area contributed by atoms with Gasteiger partial charge in [-0.25, -0.2) is 0 Å². The lowest BCUT2D eigenvalue weighted by molar-refractivity contribution is 0.416. The van der Waals surface area contributed by atoms with Gasteiger partial charge in [-0.1, -0.05) is 0 Å². The van der Waals surface area contributed by atoms with Crippen molar-refractivity contribution in [3.05, 3.63) is 16.3 Å². The molecule has 54 valence electrons. The first-order chi connectivity index (χ1) is 4.75. The number of nitrogens with one attached hydrogen (secondary N) is 1. The first-order valence-corrected chi connectivity index (χ1v) is 3.64. The van der Waals surface area contributed by atoms with Gasteiger partial charge in [0, 0.05) is 10.8 Å². The third-order valence-corrected chi connectivity index (χ3v) is 1.86. The second-order valence-corrected chi connectivity index (χ2v) is 2.51. The predicted molar refractivity (Wildman–Crippen MR) is 41.9 cm³/mol. The molecular formula is C6H8N2OS. The van der Waals surface area contributed by atoms with Crippen molar-refractivity contribution in [2.75, 3.05) is 7.11 Å². The summed E-state index contributed by atoms with van der Waals surface area (Å²) in [5.74, 6) is 0.732. The average molecular weight is 156 g/mol. The van der Waals surface area contributed by atoms with Crippen molar-refractivity contribution in [2.24, 2.45) is 5.73 Å². The SMILES string of the molecule is COc1cscc1C(=N)N. The van der Waals surface area contributed by atoms with E-state index >= 15 is 0 Å². The largest absolute Gasteiger partial charge is 0.495 e. The number of thiophene rings is 1. The lowest BCUT2D eigenvalue weighted by Crippen LogP contribution is -2.10. The second-order valence-electron chi connectivity index (χ2n) is 1.77. The van der Waals surface area contributed by atoms with Crippen LogP contribution in [0.15, 0.2) is 10.8 Å². The van der Waals surface area contributed by atoms with Gasteiger partial charge in [-0.3, -0.25) is 5.41 Å². The molecule has 0 saturated carbocycles. The molecule has 0 unspecified atom stereocenters. The van der Waals surface area contributed by atoms with E-state index in [1.54, 1.807) is 12.5 Å². The zero-order valence-electron chi connectivity index (χ0n) is 5.55. The summed E-state index contributed by atoms with van der Waals surface area (Å²) in [6, 6.07) is 0. The summed E-state index contributed by atoms with van der Waals surface area (Å²) in [5.41, 5.74) is 5.92. The summed E-state index contributed by atoms with van der Waals surface area (Å²) in [6.07, 6.45) is 0. The Bertz CT molecular complexity index is 244. The highest BCUT2D eigenvalue weighted by Gasteiger charge is 2.04. The number of hydrogen-bond donors (Lipinski definition) is 2. The maximum absolute atomic E-state index is 7.10. The smallest absolute Gasteiger partial charge is 0.140 e. The summed E-state index contributed by atoms with van der Waals surface area (Å²) in [5, 5.41) is 10.7. The highest BCUT2D eigenvalue weighted by molar-refractivity contribution is 7.08. The van der Waals surface area contributed by atoms with Crippen LogP contribution in [0.25, 0.3) is 0 Å². The van der Waals surface area contributed by atoms with E-state index in [2.05, 4.69) is 0 Å². The van der Waals surface area contributed by atoms with E-state index in [0.717, 1.165) is 0 Å². The van der Waals surface area contributed by atoms with Crippen LogP contribution in [0.4, 0.5) is 0 Å². The Hall–Kier alpha value is -1.03.